The number of likely N-dealkylation sites (tertiary alicyclic amines) is 1. The number of hydrogen-bond acceptors (Lipinski definition) is 4. The first kappa shape index (κ1) is 18.2. The summed E-state index contributed by atoms with van der Waals surface area (Å²) in [5.74, 6) is -0.771. The van der Waals surface area contributed by atoms with Crippen LogP contribution in [0.3, 0.4) is 0 Å². The number of ketones is 1. The molecule has 0 aromatic heterocycles. The van der Waals surface area contributed by atoms with Crippen LogP contribution in [0.5, 0.6) is 5.75 Å². The Balaban J connectivity index is 2.15. The number of carbonyl (C=O) groups excluding carboxylic acids is 2. The largest absolute Gasteiger partial charge is 0.507 e. The zero-order valence-electron chi connectivity index (χ0n) is 14.2. The second-order valence-electron chi connectivity index (χ2n) is 5.82. The van der Waals surface area contributed by atoms with E-state index >= 15 is 0 Å². The number of hydrogen-bond donors (Lipinski definition) is 1. The average Bonchev–Trinajstić information content (AvgIpc) is 2.93. The van der Waals surface area contributed by atoms with E-state index in [9.17, 15) is 14.7 Å². The van der Waals surface area contributed by atoms with Crippen molar-refractivity contribution in [2.24, 2.45) is 0 Å². The maximum Gasteiger partial charge on any atom is 0.295 e. The van der Waals surface area contributed by atoms with E-state index in [2.05, 4.69) is 15.9 Å². The van der Waals surface area contributed by atoms with Crippen molar-refractivity contribution in [3.63, 3.8) is 0 Å². The van der Waals surface area contributed by atoms with Gasteiger partial charge in [0.05, 0.1) is 18.7 Å². The highest BCUT2D eigenvalue weighted by atomic mass is 79.9. The number of amides is 1. The standard InChI is InChI=1S/C20H18BrNO4/c1-26-15-9-7-13(8-10-15)17-16(18(23)14-5-3-2-4-6-14)19(24)20(25)22(17)12-11-21/h2-10,17,23H,11-12H2,1H3/b18-16+/t17-/m1/s1. The molecule has 6 heteroatoms. The Bertz CT molecular complexity index is 846. The predicted octanol–water partition coefficient (Wildman–Crippen LogP) is 3.51. The van der Waals surface area contributed by atoms with Gasteiger partial charge in [-0.15, -0.1) is 0 Å². The highest BCUT2D eigenvalue weighted by Crippen LogP contribution is 2.39. The minimum Gasteiger partial charge on any atom is -0.507 e. The smallest absolute Gasteiger partial charge is 0.295 e. The molecular weight excluding hydrogens is 398 g/mol. The van der Waals surface area contributed by atoms with Gasteiger partial charge in [0.1, 0.15) is 11.5 Å². The first-order valence-corrected chi connectivity index (χ1v) is 9.24. The van der Waals surface area contributed by atoms with Crippen LogP contribution in [-0.4, -0.2) is 40.7 Å². The van der Waals surface area contributed by atoms with Gasteiger partial charge in [0.15, 0.2) is 0 Å². The van der Waals surface area contributed by atoms with Gasteiger partial charge in [-0.05, 0) is 17.7 Å². The van der Waals surface area contributed by atoms with E-state index < -0.39 is 17.7 Å². The molecule has 1 aliphatic heterocycles. The summed E-state index contributed by atoms with van der Waals surface area (Å²) >= 11 is 3.33. The molecule has 5 nitrogen and oxygen atoms in total. The molecule has 1 fully saturated rings. The molecule has 0 radical (unpaired) electrons. The fourth-order valence-electron chi connectivity index (χ4n) is 3.09. The SMILES string of the molecule is COc1ccc([C@@H]2/C(=C(\O)c3ccccc3)C(=O)C(=O)N2CCBr)cc1. The third kappa shape index (κ3) is 3.24. The Morgan fingerprint density at radius 3 is 2.35 bits per heavy atom. The molecular formula is C20H18BrNO4. The van der Waals surface area contributed by atoms with Gasteiger partial charge in [0.25, 0.3) is 11.7 Å². The van der Waals surface area contributed by atoms with E-state index in [4.69, 9.17) is 4.74 Å². The Morgan fingerprint density at radius 1 is 1.12 bits per heavy atom. The number of Topliss-reactive ketones (excluding diaryl/α,β-unsaturated/α-hetero) is 1. The lowest BCUT2D eigenvalue weighted by atomic mass is 9.95. The minimum absolute atomic E-state index is 0.104. The van der Waals surface area contributed by atoms with Crippen molar-refractivity contribution in [2.75, 3.05) is 19.0 Å². The predicted molar refractivity (Wildman–Crippen MR) is 102 cm³/mol. The van der Waals surface area contributed by atoms with Gasteiger partial charge in [-0.25, -0.2) is 0 Å². The number of benzene rings is 2. The summed E-state index contributed by atoms with van der Waals surface area (Å²) in [6.45, 7) is 0.354. The number of rotatable bonds is 5. The molecule has 2 aromatic rings. The molecule has 0 unspecified atom stereocenters. The van der Waals surface area contributed by atoms with E-state index in [0.717, 1.165) is 5.56 Å². The van der Waals surface area contributed by atoms with Crippen molar-refractivity contribution >= 4 is 33.4 Å². The van der Waals surface area contributed by atoms with Crippen LogP contribution in [0.4, 0.5) is 0 Å². The first-order valence-electron chi connectivity index (χ1n) is 8.12. The summed E-state index contributed by atoms with van der Waals surface area (Å²) < 4.78 is 5.18. The Labute approximate surface area is 160 Å². The van der Waals surface area contributed by atoms with Crippen molar-refractivity contribution in [1.29, 1.82) is 0 Å². The molecule has 1 heterocycles. The van der Waals surface area contributed by atoms with Crippen LogP contribution in [0.1, 0.15) is 17.2 Å². The van der Waals surface area contributed by atoms with Crippen LogP contribution < -0.4 is 4.74 Å². The maximum atomic E-state index is 12.7. The number of halogens is 1. The summed E-state index contributed by atoms with van der Waals surface area (Å²) in [6.07, 6.45) is 0. The van der Waals surface area contributed by atoms with E-state index in [1.54, 1.807) is 55.6 Å². The molecule has 1 saturated heterocycles. The molecule has 1 N–H and O–H groups in total. The van der Waals surface area contributed by atoms with Gasteiger partial charge in [0.2, 0.25) is 0 Å². The third-order valence-corrected chi connectivity index (χ3v) is 4.70. The third-order valence-electron chi connectivity index (χ3n) is 4.34. The molecule has 2 aromatic carbocycles. The van der Waals surface area contributed by atoms with Crippen LogP contribution in [0.15, 0.2) is 60.2 Å². The van der Waals surface area contributed by atoms with Crippen LogP contribution in [0, 0.1) is 0 Å². The normalized spacial score (nSPS) is 19.0. The van der Waals surface area contributed by atoms with Crippen molar-refractivity contribution in [2.45, 2.75) is 6.04 Å². The average molecular weight is 416 g/mol. The second kappa shape index (κ2) is 7.74. The number of aliphatic hydroxyl groups excluding tert-OH is 1. The molecule has 1 atom stereocenters. The van der Waals surface area contributed by atoms with Crippen molar-refractivity contribution < 1.29 is 19.4 Å². The molecule has 0 aliphatic carbocycles. The lowest BCUT2D eigenvalue weighted by Crippen LogP contribution is -2.31. The van der Waals surface area contributed by atoms with Crippen molar-refractivity contribution in [3.05, 3.63) is 71.3 Å². The zero-order valence-corrected chi connectivity index (χ0v) is 15.8. The van der Waals surface area contributed by atoms with Gasteiger partial charge >= 0.3 is 0 Å². The quantitative estimate of drug-likeness (QED) is 0.351. The number of alkyl halides is 1. The summed E-state index contributed by atoms with van der Waals surface area (Å²) in [6, 6.07) is 15.3. The fraction of sp³-hybridized carbons (Fsp3) is 0.200. The van der Waals surface area contributed by atoms with Gasteiger partial charge in [-0.1, -0.05) is 58.4 Å². The Morgan fingerprint density at radius 2 is 1.77 bits per heavy atom. The minimum atomic E-state index is -0.673. The van der Waals surface area contributed by atoms with Crippen LogP contribution in [0.25, 0.3) is 5.76 Å². The lowest BCUT2D eigenvalue weighted by molar-refractivity contribution is -0.139. The topological polar surface area (TPSA) is 66.8 Å². The van der Waals surface area contributed by atoms with Gasteiger partial charge in [-0.2, -0.15) is 0 Å². The summed E-state index contributed by atoms with van der Waals surface area (Å²) in [5, 5.41) is 11.3. The highest BCUT2D eigenvalue weighted by molar-refractivity contribution is 9.09. The van der Waals surface area contributed by atoms with Gasteiger partial charge in [0, 0.05) is 17.4 Å². The highest BCUT2D eigenvalue weighted by Gasteiger charge is 2.45. The summed E-state index contributed by atoms with van der Waals surface area (Å²) in [4.78, 5) is 26.7. The summed E-state index contributed by atoms with van der Waals surface area (Å²) in [7, 11) is 1.57. The van der Waals surface area contributed by atoms with Crippen LogP contribution in [-0.2, 0) is 9.59 Å². The van der Waals surface area contributed by atoms with E-state index in [1.807, 2.05) is 6.07 Å². The van der Waals surface area contributed by atoms with Crippen LogP contribution in [0.2, 0.25) is 0 Å². The zero-order chi connectivity index (χ0) is 18.7. The van der Waals surface area contributed by atoms with Gasteiger partial charge < -0.3 is 14.7 Å². The van der Waals surface area contributed by atoms with Gasteiger partial charge in [-0.3, -0.25) is 9.59 Å². The number of ether oxygens (including phenoxy) is 1. The monoisotopic (exact) mass is 415 g/mol. The van der Waals surface area contributed by atoms with Crippen LogP contribution >= 0.6 is 15.9 Å². The Kier molecular flexibility index (Phi) is 5.42. The van der Waals surface area contributed by atoms with Crippen molar-refractivity contribution in [1.82, 2.24) is 4.90 Å². The van der Waals surface area contributed by atoms with Crippen molar-refractivity contribution in [3.8, 4) is 5.75 Å². The fourth-order valence-corrected chi connectivity index (χ4v) is 3.47. The second-order valence-corrected chi connectivity index (χ2v) is 6.61. The molecule has 0 saturated carbocycles. The maximum absolute atomic E-state index is 12.7. The Hall–Kier alpha value is -2.60. The molecule has 1 aliphatic rings. The summed E-state index contributed by atoms with van der Waals surface area (Å²) in [5.41, 5.74) is 1.35. The molecule has 0 spiro atoms. The first-order chi connectivity index (χ1) is 12.6. The molecule has 0 bridgehead atoms. The molecule has 1 amide bonds. The van der Waals surface area contributed by atoms with E-state index in [-0.39, 0.29) is 11.3 Å². The molecule has 134 valence electrons. The van der Waals surface area contributed by atoms with E-state index in [1.165, 1.54) is 4.90 Å². The van der Waals surface area contributed by atoms with E-state index in [0.29, 0.717) is 23.2 Å². The molecule has 3 rings (SSSR count). The molecule has 26 heavy (non-hydrogen) atoms. The number of nitrogens with zero attached hydrogens (tertiary/aromatic N) is 1. The number of carbonyl (C=O) groups is 2. The number of aliphatic hydroxyl groups is 1. The number of methoxy groups -OCH3 is 1. The lowest BCUT2D eigenvalue weighted by Gasteiger charge is -2.24.